The molecule has 0 amide bonds. The number of hydrogen-bond acceptors (Lipinski definition) is 0. The Hall–Kier alpha value is -0.650. The fraction of sp³-hybridized carbons (Fsp3) is 0.286. The van der Waals surface area contributed by atoms with Gasteiger partial charge in [-0.05, 0) is 0 Å². The minimum atomic E-state index is 1.14. The van der Waals surface area contributed by atoms with Gasteiger partial charge in [0, 0.05) is 37.1 Å². The summed E-state index contributed by atoms with van der Waals surface area (Å²) in [7, 11) is 0. The van der Waals surface area contributed by atoms with Crippen LogP contribution in [0.1, 0.15) is 13.3 Å². The summed E-state index contributed by atoms with van der Waals surface area (Å²) in [5, 5.41) is 0. The highest BCUT2D eigenvalue weighted by Crippen LogP contribution is 2.07. The smallest absolute Gasteiger partial charge is 0.00312 e. The summed E-state index contributed by atoms with van der Waals surface area (Å²) in [4.78, 5) is 0. The first-order valence-corrected chi connectivity index (χ1v) is 2.55. The Labute approximate surface area is 44.5 Å². The van der Waals surface area contributed by atoms with Crippen LogP contribution in [-0.4, -0.2) is 0 Å². The van der Waals surface area contributed by atoms with E-state index < -0.39 is 0 Å². The average Bonchev–Trinajstić information content (AvgIpc) is 1.69. The minimum absolute atomic E-state index is 1.14. The lowest BCUT2D eigenvalue weighted by Crippen LogP contribution is -1.78. The Morgan fingerprint density at radius 2 is 2.57 bits per heavy atom. The number of allylic oxidation sites excluding steroid dienone is 4. The van der Waals surface area contributed by atoms with Gasteiger partial charge in [0.05, 0.1) is 6.42 Å². The summed E-state index contributed by atoms with van der Waals surface area (Å²) in [6.45, 7) is 2.14. The van der Waals surface area contributed by atoms with E-state index in [2.05, 4.69) is 31.6 Å². The quantitative estimate of drug-likeness (QED) is 0.402. The molecule has 1 aliphatic carbocycles. The Balaban J connectivity index is 2.50. The van der Waals surface area contributed by atoms with Crippen LogP contribution >= 0.6 is 0 Å². The van der Waals surface area contributed by atoms with Crippen LogP contribution in [0.2, 0.25) is 0 Å². The van der Waals surface area contributed by atoms with Crippen molar-refractivity contribution in [3.05, 3.63) is 30.2 Å². The summed E-state index contributed by atoms with van der Waals surface area (Å²) >= 11 is 0. The highest BCUT2D eigenvalue weighted by Gasteiger charge is 1.96. The molecule has 0 nitrogen and oxygen atoms in total. The van der Waals surface area contributed by atoms with E-state index in [0.717, 1.165) is 6.42 Å². The predicted octanol–water partition coefficient (Wildman–Crippen LogP) is 2.10. The third kappa shape index (κ3) is 1.11. The molecule has 1 aliphatic rings. The monoisotopic (exact) mass is 93.1 g/mol. The third-order valence-corrected chi connectivity index (χ3v) is 1.07. The molecule has 36 valence electrons. The van der Waals surface area contributed by atoms with Crippen molar-refractivity contribution in [2.45, 2.75) is 13.3 Å². The minimum Gasteiger partial charge on any atom is 0.00312 e. The fourth-order valence-corrected chi connectivity index (χ4v) is 0.620. The van der Waals surface area contributed by atoms with Crippen LogP contribution in [0, 0.1) is 6.42 Å². The highest BCUT2D eigenvalue weighted by atomic mass is 13.9. The molecule has 0 aliphatic heterocycles. The van der Waals surface area contributed by atoms with E-state index in [1.54, 1.807) is 0 Å². The van der Waals surface area contributed by atoms with Gasteiger partial charge >= 0.3 is 0 Å². The SMILES string of the molecule is CC1=C[CH+]C=CC1. The molecule has 0 heteroatoms. The van der Waals surface area contributed by atoms with Crippen molar-refractivity contribution in [1.29, 1.82) is 0 Å². The van der Waals surface area contributed by atoms with Gasteiger partial charge in [-0.25, -0.2) is 0 Å². The van der Waals surface area contributed by atoms with E-state index >= 15 is 0 Å². The van der Waals surface area contributed by atoms with Crippen LogP contribution in [0.25, 0.3) is 0 Å². The predicted molar refractivity (Wildman–Crippen MR) is 31.8 cm³/mol. The molecule has 0 atom stereocenters. The first kappa shape index (κ1) is 4.51. The third-order valence-electron chi connectivity index (χ3n) is 1.07. The van der Waals surface area contributed by atoms with Gasteiger partial charge in [0.2, 0.25) is 0 Å². The molecule has 0 radical (unpaired) electrons. The van der Waals surface area contributed by atoms with Crippen molar-refractivity contribution in [2.24, 2.45) is 0 Å². The summed E-state index contributed by atoms with van der Waals surface area (Å²) in [6, 6.07) is 0. The second-order valence-corrected chi connectivity index (χ2v) is 1.84. The molecule has 7 heavy (non-hydrogen) atoms. The zero-order chi connectivity index (χ0) is 5.11. The molecular formula is C7H9+. The van der Waals surface area contributed by atoms with Crippen molar-refractivity contribution in [3.8, 4) is 0 Å². The second-order valence-electron chi connectivity index (χ2n) is 1.84. The molecular weight excluding hydrogens is 84.1 g/mol. The van der Waals surface area contributed by atoms with E-state index in [1.165, 1.54) is 5.57 Å². The van der Waals surface area contributed by atoms with Gasteiger partial charge in [-0.3, -0.25) is 0 Å². The van der Waals surface area contributed by atoms with Crippen molar-refractivity contribution in [2.75, 3.05) is 0 Å². The van der Waals surface area contributed by atoms with Gasteiger partial charge in [0.25, 0.3) is 0 Å². The van der Waals surface area contributed by atoms with Crippen molar-refractivity contribution in [3.63, 3.8) is 0 Å². The molecule has 0 aromatic carbocycles. The van der Waals surface area contributed by atoms with Crippen LogP contribution in [0.5, 0.6) is 0 Å². The van der Waals surface area contributed by atoms with Crippen LogP contribution in [0.3, 0.4) is 0 Å². The van der Waals surface area contributed by atoms with Crippen LogP contribution < -0.4 is 0 Å². The molecule has 0 saturated carbocycles. The summed E-state index contributed by atoms with van der Waals surface area (Å²) in [6.07, 6.45) is 9.58. The molecule has 0 saturated heterocycles. The largest absolute Gasteiger partial charge is 0.0745 e. The lowest BCUT2D eigenvalue weighted by atomic mass is 10.1. The molecule has 0 aromatic rings. The highest BCUT2D eigenvalue weighted by molar-refractivity contribution is 5.21. The molecule has 0 unspecified atom stereocenters. The summed E-state index contributed by atoms with van der Waals surface area (Å²) < 4.78 is 0. The lowest BCUT2D eigenvalue weighted by Gasteiger charge is -1.88. The summed E-state index contributed by atoms with van der Waals surface area (Å²) in [5.74, 6) is 0. The molecule has 0 N–H and O–H groups in total. The normalized spacial score (nSPS) is 18.1. The lowest BCUT2D eigenvalue weighted by molar-refractivity contribution is 1.18. The topological polar surface area (TPSA) is 0 Å². The average molecular weight is 93.1 g/mol. The Bertz CT molecular complexity index is 107. The van der Waals surface area contributed by atoms with E-state index in [0.29, 0.717) is 0 Å². The standard InChI is InChI=1S/C7H9/c1-7-5-3-2-4-6-7/h2-5H,6H2,1H3/q+1. The van der Waals surface area contributed by atoms with E-state index in [1.807, 2.05) is 0 Å². The maximum Gasteiger partial charge on any atom is 0.0745 e. The van der Waals surface area contributed by atoms with Crippen LogP contribution in [-0.2, 0) is 0 Å². The zero-order valence-corrected chi connectivity index (χ0v) is 4.52. The Morgan fingerprint density at radius 1 is 1.71 bits per heavy atom. The molecule has 0 aromatic heterocycles. The first-order chi connectivity index (χ1) is 3.39. The van der Waals surface area contributed by atoms with Gasteiger partial charge in [-0.2, -0.15) is 0 Å². The number of hydrogen-bond donors (Lipinski definition) is 0. The maximum atomic E-state index is 2.16. The molecule has 0 spiro atoms. The second kappa shape index (κ2) is 1.87. The number of rotatable bonds is 0. The molecule has 0 bridgehead atoms. The summed E-state index contributed by atoms with van der Waals surface area (Å²) in [5.41, 5.74) is 1.45. The Morgan fingerprint density at radius 3 is 2.86 bits per heavy atom. The first-order valence-electron chi connectivity index (χ1n) is 2.55. The van der Waals surface area contributed by atoms with Gasteiger partial charge < -0.3 is 0 Å². The van der Waals surface area contributed by atoms with Crippen molar-refractivity contribution < 1.29 is 0 Å². The molecule has 0 heterocycles. The molecule has 1 rings (SSSR count). The van der Waals surface area contributed by atoms with E-state index in [9.17, 15) is 0 Å². The zero-order valence-electron chi connectivity index (χ0n) is 4.52. The van der Waals surface area contributed by atoms with Crippen molar-refractivity contribution >= 4 is 0 Å². The maximum absolute atomic E-state index is 2.16. The van der Waals surface area contributed by atoms with Gasteiger partial charge in [0.1, 0.15) is 0 Å². The molecule has 0 fully saturated rings. The van der Waals surface area contributed by atoms with Crippen molar-refractivity contribution in [1.82, 2.24) is 0 Å². The van der Waals surface area contributed by atoms with Gasteiger partial charge in [-0.15, -0.1) is 0 Å². The van der Waals surface area contributed by atoms with Gasteiger partial charge in [0.15, 0.2) is 0 Å². The Kier molecular flexibility index (Phi) is 1.21. The van der Waals surface area contributed by atoms with E-state index in [4.69, 9.17) is 0 Å². The van der Waals surface area contributed by atoms with Crippen LogP contribution in [0.4, 0.5) is 0 Å². The fourth-order valence-electron chi connectivity index (χ4n) is 0.620. The van der Waals surface area contributed by atoms with Gasteiger partial charge in [-0.1, -0.05) is 0 Å². The van der Waals surface area contributed by atoms with E-state index in [-0.39, 0.29) is 0 Å². The van der Waals surface area contributed by atoms with Crippen LogP contribution in [0.15, 0.2) is 23.8 Å².